The second kappa shape index (κ2) is 3.28. The molecule has 1 aromatic rings. The molecule has 11 heavy (non-hydrogen) atoms. The molecule has 60 valence electrons. The second-order valence-electron chi connectivity index (χ2n) is 2.13. The Labute approximate surface area is 73.8 Å². The van der Waals surface area contributed by atoms with Gasteiger partial charge in [0.25, 0.3) is 5.91 Å². The van der Waals surface area contributed by atoms with Gasteiger partial charge < -0.3 is 5.73 Å². The number of hydrogen-bond donors (Lipinski definition) is 1. The molecule has 0 aliphatic heterocycles. The first-order chi connectivity index (χ1) is 5.15. The fraction of sp³-hybridized carbons (Fsp3) is 0.286. The lowest BCUT2D eigenvalue weighted by Crippen LogP contribution is -2.10. The first-order valence-electron chi connectivity index (χ1n) is 3.09. The van der Waals surface area contributed by atoms with Gasteiger partial charge in [-0.2, -0.15) is 0 Å². The number of carbonyl (C=O) groups excluding carboxylic acids is 1. The lowest BCUT2D eigenvalue weighted by Gasteiger charge is -1.91. The number of hydrogen-bond acceptors (Lipinski definition) is 3. The monoisotopic (exact) mass is 187 g/mol. The molecule has 0 radical (unpaired) electrons. The van der Waals surface area contributed by atoms with Gasteiger partial charge in [-0.3, -0.25) is 4.79 Å². The third-order valence-electron chi connectivity index (χ3n) is 1.27. The summed E-state index contributed by atoms with van der Waals surface area (Å²) in [7, 11) is 0. The minimum absolute atomic E-state index is 0.335. The van der Waals surface area contributed by atoms with Crippen LogP contribution in [0, 0.1) is 6.92 Å². The summed E-state index contributed by atoms with van der Waals surface area (Å²) in [5.74, 6) is -0.335. The summed E-state index contributed by atoms with van der Waals surface area (Å²) < 4.78 is 1.01. The van der Waals surface area contributed by atoms with E-state index in [4.69, 9.17) is 5.73 Å². The van der Waals surface area contributed by atoms with E-state index in [1.54, 1.807) is 23.1 Å². The third kappa shape index (κ3) is 1.75. The zero-order valence-corrected chi connectivity index (χ0v) is 8.01. The molecule has 0 fully saturated rings. The summed E-state index contributed by atoms with van der Waals surface area (Å²) in [6.07, 6.45) is 1.94. The third-order valence-corrected chi connectivity index (χ3v) is 3.46. The fourth-order valence-corrected chi connectivity index (χ4v) is 2.66. The molecule has 1 rings (SSSR count). The number of nitrogens with two attached hydrogens (primary N) is 1. The van der Waals surface area contributed by atoms with E-state index in [1.165, 1.54) is 0 Å². The van der Waals surface area contributed by atoms with Gasteiger partial charge in [-0.1, -0.05) is 0 Å². The van der Waals surface area contributed by atoms with Crippen molar-refractivity contribution in [2.45, 2.75) is 11.1 Å². The maximum absolute atomic E-state index is 10.8. The van der Waals surface area contributed by atoms with E-state index in [1.807, 2.05) is 19.2 Å². The number of primary amides is 1. The van der Waals surface area contributed by atoms with E-state index in [9.17, 15) is 4.79 Å². The van der Waals surface area contributed by atoms with Crippen molar-refractivity contribution < 1.29 is 4.79 Å². The topological polar surface area (TPSA) is 43.1 Å². The summed E-state index contributed by atoms with van der Waals surface area (Å²) in [6.45, 7) is 1.97. The average Bonchev–Trinajstić information content (AvgIpc) is 2.30. The molecule has 1 aromatic heterocycles. The minimum Gasteiger partial charge on any atom is -0.366 e. The summed E-state index contributed by atoms with van der Waals surface area (Å²) in [4.78, 5) is 11.9. The van der Waals surface area contributed by atoms with Gasteiger partial charge in [0.2, 0.25) is 0 Å². The minimum atomic E-state index is -0.335. The zero-order valence-electron chi connectivity index (χ0n) is 6.38. The Hall–Kier alpha value is -0.480. The maximum Gasteiger partial charge on any atom is 0.250 e. The van der Waals surface area contributed by atoms with E-state index in [0.717, 1.165) is 9.09 Å². The highest BCUT2D eigenvalue weighted by Gasteiger charge is 2.09. The van der Waals surface area contributed by atoms with Crippen LogP contribution in [0.4, 0.5) is 0 Å². The van der Waals surface area contributed by atoms with Gasteiger partial charge in [0.05, 0.1) is 9.77 Å². The van der Waals surface area contributed by atoms with Crippen molar-refractivity contribution in [2.24, 2.45) is 5.73 Å². The smallest absolute Gasteiger partial charge is 0.250 e. The standard InChI is InChI=1S/C7H9NOS2/c1-4-3-5(6(8)9)7(10-2)11-4/h3H,1-2H3,(H2,8,9). The largest absolute Gasteiger partial charge is 0.366 e. The van der Waals surface area contributed by atoms with Gasteiger partial charge in [0.15, 0.2) is 0 Å². The maximum atomic E-state index is 10.8. The molecule has 0 aliphatic rings. The number of carbonyl (C=O) groups is 1. The van der Waals surface area contributed by atoms with Crippen LogP contribution < -0.4 is 5.73 Å². The Bertz CT molecular complexity index is 280. The molecule has 0 spiro atoms. The van der Waals surface area contributed by atoms with Crippen molar-refractivity contribution in [1.82, 2.24) is 0 Å². The highest BCUT2D eigenvalue weighted by Crippen LogP contribution is 2.29. The molecule has 1 amide bonds. The fourth-order valence-electron chi connectivity index (χ4n) is 0.816. The highest BCUT2D eigenvalue weighted by molar-refractivity contribution is 8.00. The highest BCUT2D eigenvalue weighted by atomic mass is 32.2. The molecule has 4 heteroatoms. The number of thioether (sulfide) groups is 1. The lowest BCUT2D eigenvalue weighted by atomic mass is 10.3. The van der Waals surface area contributed by atoms with E-state index >= 15 is 0 Å². The molecule has 0 saturated carbocycles. The molecule has 2 nitrogen and oxygen atoms in total. The molecule has 0 atom stereocenters. The predicted octanol–water partition coefficient (Wildman–Crippen LogP) is 1.88. The van der Waals surface area contributed by atoms with Crippen LogP contribution in [0.2, 0.25) is 0 Å². The van der Waals surface area contributed by atoms with Gasteiger partial charge in [-0.15, -0.1) is 23.1 Å². The van der Waals surface area contributed by atoms with Crippen LogP contribution in [0.25, 0.3) is 0 Å². The van der Waals surface area contributed by atoms with E-state index in [2.05, 4.69) is 0 Å². The van der Waals surface area contributed by atoms with E-state index in [-0.39, 0.29) is 5.91 Å². The van der Waals surface area contributed by atoms with Crippen molar-refractivity contribution in [3.8, 4) is 0 Å². The molecular weight excluding hydrogens is 178 g/mol. The molecule has 0 bridgehead atoms. The van der Waals surface area contributed by atoms with Crippen LogP contribution in [-0.2, 0) is 0 Å². The normalized spacial score (nSPS) is 10.0. The van der Waals surface area contributed by atoms with Crippen molar-refractivity contribution >= 4 is 29.0 Å². The first kappa shape index (κ1) is 8.62. The SMILES string of the molecule is CSc1sc(C)cc1C(N)=O. The van der Waals surface area contributed by atoms with Gasteiger partial charge in [0, 0.05) is 4.88 Å². The molecule has 2 N–H and O–H groups in total. The molecule has 0 unspecified atom stereocenters. The van der Waals surface area contributed by atoms with Crippen molar-refractivity contribution in [3.05, 3.63) is 16.5 Å². The van der Waals surface area contributed by atoms with Crippen LogP contribution in [0.5, 0.6) is 0 Å². The quantitative estimate of drug-likeness (QED) is 0.718. The van der Waals surface area contributed by atoms with E-state index < -0.39 is 0 Å². The van der Waals surface area contributed by atoms with Crippen LogP contribution in [0.15, 0.2) is 10.3 Å². The summed E-state index contributed by atoms with van der Waals surface area (Å²) in [6, 6.07) is 1.83. The molecule has 0 saturated heterocycles. The Morgan fingerprint density at radius 1 is 1.73 bits per heavy atom. The van der Waals surface area contributed by atoms with Gasteiger partial charge >= 0.3 is 0 Å². The van der Waals surface area contributed by atoms with E-state index in [0.29, 0.717) is 5.56 Å². The Morgan fingerprint density at radius 3 is 2.73 bits per heavy atom. The molecule has 0 aromatic carbocycles. The number of thiophene rings is 1. The summed E-state index contributed by atoms with van der Waals surface area (Å²) in [5, 5.41) is 0. The first-order valence-corrected chi connectivity index (χ1v) is 5.13. The van der Waals surface area contributed by atoms with Gasteiger partial charge in [-0.25, -0.2) is 0 Å². The van der Waals surface area contributed by atoms with Crippen LogP contribution >= 0.6 is 23.1 Å². The van der Waals surface area contributed by atoms with Crippen LogP contribution in [0.1, 0.15) is 15.2 Å². The zero-order chi connectivity index (χ0) is 8.43. The lowest BCUT2D eigenvalue weighted by molar-refractivity contribution is 0.0998. The Morgan fingerprint density at radius 2 is 2.36 bits per heavy atom. The van der Waals surface area contributed by atoms with Crippen LogP contribution in [0.3, 0.4) is 0 Å². The van der Waals surface area contributed by atoms with Gasteiger partial charge in [0.1, 0.15) is 0 Å². The Balaban J connectivity index is 3.12. The van der Waals surface area contributed by atoms with Crippen molar-refractivity contribution in [2.75, 3.05) is 6.26 Å². The second-order valence-corrected chi connectivity index (χ2v) is 4.46. The van der Waals surface area contributed by atoms with Crippen LogP contribution in [-0.4, -0.2) is 12.2 Å². The van der Waals surface area contributed by atoms with Gasteiger partial charge in [-0.05, 0) is 19.2 Å². The average molecular weight is 187 g/mol. The number of aryl methyl sites for hydroxylation is 1. The van der Waals surface area contributed by atoms with Crippen molar-refractivity contribution in [3.63, 3.8) is 0 Å². The summed E-state index contributed by atoms with van der Waals surface area (Å²) in [5.41, 5.74) is 5.81. The Kier molecular flexibility index (Phi) is 2.57. The number of amides is 1. The number of rotatable bonds is 2. The molecule has 1 heterocycles. The molecular formula is C7H9NOS2. The predicted molar refractivity (Wildman–Crippen MR) is 49.4 cm³/mol. The van der Waals surface area contributed by atoms with Crippen molar-refractivity contribution in [1.29, 1.82) is 0 Å². The summed E-state index contributed by atoms with van der Waals surface area (Å²) >= 11 is 3.17. The molecule has 0 aliphatic carbocycles.